The Morgan fingerprint density at radius 1 is 1.40 bits per heavy atom. The van der Waals surface area contributed by atoms with Crippen LogP contribution in [0.25, 0.3) is 0 Å². The van der Waals surface area contributed by atoms with Crippen molar-refractivity contribution < 1.29 is 9.18 Å². The minimum Gasteiger partial charge on any atom is -0.396 e. The Bertz CT molecular complexity index is 496. The highest BCUT2D eigenvalue weighted by atomic mass is 19.1. The summed E-state index contributed by atoms with van der Waals surface area (Å²) in [7, 11) is 4.08. The van der Waals surface area contributed by atoms with Crippen molar-refractivity contribution in [1.82, 2.24) is 10.2 Å². The van der Waals surface area contributed by atoms with Crippen molar-refractivity contribution in [3.63, 3.8) is 0 Å². The van der Waals surface area contributed by atoms with Crippen molar-refractivity contribution in [2.75, 3.05) is 26.4 Å². The summed E-state index contributed by atoms with van der Waals surface area (Å²) in [5, 5.41) is 2.92. The second-order valence-electron chi connectivity index (χ2n) is 5.74. The monoisotopic (exact) mass is 279 g/mol. The number of halogens is 1. The van der Waals surface area contributed by atoms with Crippen LogP contribution in [0.15, 0.2) is 18.2 Å². The number of nitrogens with two attached hydrogens (primary N) is 1. The lowest BCUT2D eigenvalue weighted by molar-refractivity contribution is 0.0899. The van der Waals surface area contributed by atoms with E-state index >= 15 is 0 Å². The standard InChI is InChI=1S/C15H22FN3O/c1-19(2)15(7-3-4-8-15)10-18-14(20)11-5-6-13(17)12(16)9-11/h5-6,9H,3-4,7-8,10,17H2,1-2H3,(H,18,20). The van der Waals surface area contributed by atoms with Gasteiger partial charge in [-0.05, 0) is 45.1 Å². The van der Waals surface area contributed by atoms with E-state index < -0.39 is 5.82 Å². The highest BCUT2D eigenvalue weighted by Gasteiger charge is 2.36. The zero-order valence-electron chi connectivity index (χ0n) is 12.1. The third-order valence-corrected chi connectivity index (χ3v) is 4.32. The maximum absolute atomic E-state index is 13.4. The minimum absolute atomic E-state index is 0.0298. The van der Waals surface area contributed by atoms with Crippen molar-refractivity contribution in [3.8, 4) is 0 Å². The number of carbonyl (C=O) groups excluding carboxylic acids is 1. The number of nitrogens with zero attached hydrogens (tertiary/aromatic N) is 1. The van der Waals surface area contributed by atoms with Crippen molar-refractivity contribution in [2.45, 2.75) is 31.2 Å². The fourth-order valence-corrected chi connectivity index (χ4v) is 2.83. The van der Waals surface area contributed by atoms with Gasteiger partial charge in [0.2, 0.25) is 0 Å². The molecular formula is C15H22FN3O. The van der Waals surface area contributed by atoms with Crippen molar-refractivity contribution >= 4 is 11.6 Å². The maximum Gasteiger partial charge on any atom is 0.251 e. The molecule has 1 aliphatic rings. The minimum atomic E-state index is -0.555. The van der Waals surface area contributed by atoms with Gasteiger partial charge in [0.05, 0.1) is 5.69 Å². The first kappa shape index (κ1) is 14.8. The number of hydrogen-bond donors (Lipinski definition) is 2. The van der Waals surface area contributed by atoms with E-state index in [0.29, 0.717) is 12.1 Å². The Hall–Kier alpha value is -1.62. The predicted molar refractivity (Wildman–Crippen MR) is 78.0 cm³/mol. The summed E-state index contributed by atoms with van der Waals surface area (Å²) >= 11 is 0. The Morgan fingerprint density at radius 2 is 2.05 bits per heavy atom. The molecule has 1 aromatic rings. The van der Waals surface area contributed by atoms with E-state index in [1.165, 1.54) is 25.0 Å². The number of benzene rings is 1. The number of rotatable bonds is 4. The van der Waals surface area contributed by atoms with Gasteiger partial charge in [-0.2, -0.15) is 0 Å². The Balaban J connectivity index is 2.02. The number of amides is 1. The Kier molecular flexibility index (Phi) is 4.28. The topological polar surface area (TPSA) is 58.4 Å². The van der Waals surface area contributed by atoms with Crippen LogP contribution in [0.2, 0.25) is 0 Å². The largest absolute Gasteiger partial charge is 0.396 e. The Morgan fingerprint density at radius 3 is 2.60 bits per heavy atom. The van der Waals surface area contributed by atoms with Crippen LogP contribution < -0.4 is 11.1 Å². The number of nitrogen functional groups attached to an aromatic ring is 1. The number of hydrogen-bond acceptors (Lipinski definition) is 3. The molecule has 0 atom stereocenters. The molecule has 0 aromatic heterocycles. The number of likely N-dealkylation sites (N-methyl/N-ethyl adjacent to an activating group) is 1. The fourth-order valence-electron chi connectivity index (χ4n) is 2.83. The van der Waals surface area contributed by atoms with Gasteiger partial charge in [0.15, 0.2) is 0 Å². The van der Waals surface area contributed by atoms with E-state index in [1.807, 2.05) is 14.1 Å². The van der Waals surface area contributed by atoms with Crippen LogP contribution in [-0.2, 0) is 0 Å². The zero-order valence-corrected chi connectivity index (χ0v) is 12.1. The molecule has 110 valence electrons. The van der Waals surface area contributed by atoms with Gasteiger partial charge in [-0.25, -0.2) is 4.39 Å². The van der Waals surface area contributed by atoms with Crippen LogP contribution in [0.1, 0.15) is 36.0 Å². The molecule has 0 saturated heterocycles. The smallest absolute Gasteiger partial charge is 0.251 e. The molecule has 0 spiro atoms. The third kappa shape index (κ3) is 2.93. The van der Waals surface area contributed by atoms with Crippen LogP contribution in [-0.4, -0.2) is 37.0 Å². The third-order valence-electron chi connectivity index (χ3n) is 4.32. The van der Waals surface area contributed by atoms with E-state index in [0.717, 1.165) is 12.8 Å². The molecule has 4 nitrogen and oxygen atoms in total. The van der Waals surface area contributed by atoms with Crippen LogP contribution in [0, 0.1) is 5.82 Å². The molecule has 20 heavy (non-hydrogen) atoms. The summed E-state index contributed by atoms with van der Waals surface area (Å²) in [5.74, 6) is -0.808. The predicted octanol–water partition coefficient (Wildman–Crippen LogP) is 2.01. The van der Waals surface area contributed by atoms with Gasteiger partial charge < -0.3 is 16.0 Å². The average Bonchev–Trinajstić information content (AvgIpc) is 2.89. The van der Waals surface area contributed by atoms with Gasteiger partial charge >= 0.3 is 0 Å². The molecule has 0 radical (unpaired) electrons. The van der Waals surface area contributed by atoms with Crippen LogP contribution in [0.5, 0.6) is 0 Å². The van der Waals surface area contributed by atoms with Crippen molar-refractivity contribution in [1.29, 1.82) is 0 Å². The molecular weight excluding hydrogens is 257 g/mol. The summed E-state index contributed by atoms with van der Waals surface area (Å²) in [6.45, 7) is 0.588. The van der Waals surface area contributed by atoms with Crippen molar-refractivity contribution in [2.24, 2.45) is 0 Å². The lowest BCUT2D eigenvalue weighted by atomic mass is 9.96. The lowest BCUT2D eigenvalue weighted by Gasteiger charge is -2.36. The van der Waals surface area contributed by atoms with E-state index in [4.69, 9.17) is 5.73 Å². The van der Waals surface area contributed by atoms with Crippen molar-refractivity contribution in [3.05, 3.63) is 29.6 Å². The molecule has 1 amide bonds. The van der Waals surface area contributed by atoms with E-state index in [9.17, 15) is 9.18 Å². The molecule has 0 aliphatic heterocycles. The Labute approximate surface area is 119 Å². The van der Waals surface area contributed by atoms with Gasteiger partial charge in [0.1, 0.15) is 5.82 Å². The number of nitrogens with one attached hydrogen (secondary N) is 1. The molecule has 1 aromatic carbocycles. The second-order valence-corrected chi connectivity index (χ2v) is 5.74. The first-order chi connectivity index (χ1) is 9.44. The summed E-state index contributed by atoms with van der Waals surface area (Å²) < 4.78 is 13.4. The molecule has 0 bridgehead atoms. The average molecular weight is 279 g/mol. The summed E-state index contributed by atoms with van der Waals surface area (Å²) in [5.41, 5.74) is 5.81. The van der Waals surface area contributed by atoms with Crippen LogP contribution in [0.3, 0.4) is 0 Å². The number of anilines is 1. The molecule has 0 heterocycles. The summed E-state index contributed by atoms with van der Waals surface area (Å²) in [6, 6.07) is 4.15. The molecule has 1 saturated carbocycles. The van der Waals surface area contributed by atoms with E-state index in [2.05, 4.69) is 10.2 Å². The molecule has 1 aliphatic carbocycles. The molecule has 2 rings (SSSR count). The normalized spacial score (nSPS) is 17.4. The molecule has 0 unspecified atom stereocenters. The molecule has 3 N–H and O–H groups in total. The van der Waals surface area contributed by atoms with Gasteiger partial charge in [0, 0.05) is 17.6 Å². The lowest BCUT2D eigenvalue weighted by Crippen LogP contribution is -2.50. The van der Waals surface area contributed by atoms with E-state index in [-0.39, 0.29) is 17.1 Å². The zero-order chi connectivity index (χ0) is 14.8. The van der Waals surface area contributed by atoms with Gasteiger partial charge in [0.25, 0.3) is 5.91 Å². The summed E-state index contributed by atoms with van der Waals surface area (Å²) in [4.78, 5) is 14.3. The summed E-state index contributed by atoms with van der Waals surface area (Å²) in [6.07, 6.45) is 4.53. The van der Waals surface area contributed by atoms with Gasteiger partial charge in [-0.15, -0.1) is 0 Å². The van der Waals surface area contributed by atoms with E-state index in [1.54, 1.807) is 6.07 Å². The SMILES string of the molecule is CN(C)C1(CNC(=O)c2ccc(N)c(F)c2)CCCC1. The maximum atomic E-state index is 13.4. The van der Waals surface area contributed by atoms with Gasteiger partial charge in [-0.3, -0.25) is 4.79 Å². The first-order valence-corrected chi connectivity index (χ1v) is 6.95. The molecule has 5 heteroatoms. The van der Waals surface area contributed by atoms with Crippen LogP contribution in [0.4, 0.5) is 10.1 Å². The highest BCUT2D eigenvalue weighted by Crippen LogP contribution is 2.33. The highest BCUT2D eigenvalue weighted by molar-refractivity contribution is 5.94. The molecule has 1 fully saturated rings. The second kappa shape index (κ2) is 5.79. The first-order valence-electron chi connectivity index (χ1n) is 6.95. The fraction of sp³-hybridized carbons (Fsp3) is 0.533. The van der Waals surface area contributed by atoms with Crippen LogP contribution >= 0.6 is 0 Å². The quantitative estimate of drug-likeness (QED) is 0.829. The number of carbonyl (C=O) groups is 1. The van der Waals surface area contributed by atoms with Gasteiger partial charge in [-0.1, -0.05) is 12.8 Å².